The number of isocyanates is 1. The maximum absolute atomic E-state index is 10.4. The minimum Gasteiger partial charge on any atom is -0.493 e. The van der Waals surface area contributed by atoms with E-state index in [2.05, 4.69) is 19.9 Å². The topological polar surface area (TPSA) is 86.6 Å². The average Bonchev–Trinajstić information content (AvgIpc) is 2.53. The summed E-state index contributed by atoms with van der Waals surface area (Å²) in [5.74, 6) is 0.744. The smallest absolute Gasteiger partial charge is 0.264 e. The first kappa shape index (κ1) is 17.4. The lowest BCUT2D eigenvalue weighted by atomic mass is 10.2. The minimum absolute atomic E-state index is 0.149. The van der Waals surface area contributed by atoms with Gasteiger partial charge in [0, 0.05) is 5.56 Å². The molecule has 0 saturated heterocycles. The van der Waals surface area contributed by atoms with Crippen LogP contribution in [0.1, 0.15) is 5.82 Å². The molecule has 0 unspecified atom stereocenters. The van der Waals surface area contributed by atoms with Gasteiger partial charge in [-0.05, 0) is 18.2 Å². The van der Waals surface area contributed by atoms with Gasteiger partial charge in [0.15, 0.2) is 23.1 Å². The number of nitrogens with zero attached hydrogens (tertiary/aromatic N) is 4. The predicted molar refractivity (Wildman–Crippen MR) is 85.4 cm³/mol. The van der Waals surface area contributed by atoms with Crippen LogP contribution < -0.4 is 9.47 Å². The van der Waals surface area contributed by atoms with Gasteiger partial charge in [-0.15, -0.1) is 4.99 Å². The molecule has 0 spiro atoms. The van der Waals surface area contributed by atoms with Crippen LogP contribution in [-0.4, -0.2) is 35.3 Å². The molecule has 10 heteroatoms. The second-order valence-corrected chi connectivity index (χ2v) is 6.33. The lowest BCUT2D eigenvalue weighted by Crippen LogP contribution is -2.09. The summed E-state index contributed by atoms with van der Waals surface area (Å²) in [5.41, 5.74) is 0.530. The van der Waals surface area contributed by atoms with E-state index in [0.29, 0.717) is 17.1 Å². The maximum atomic E-state index is 10.4. The molecular formula is C13H9Cl3N4O3. The lowest BCUT2D eigenvalue weighted by Gasteiger charge is -2.12. The van der Waals surface area contributed by atoms with Crippen LogP contribution in [0.2, 0.25) is 0 Å². The van der Waals surface area contributed by atoms with Gasteiger partial charge in [0.2, 0.25) is 9.87 Å². The molecular weight excluding hydrogens is 367 g/mol. The largest absolute Gasteiger partial charge is 0.493 e. The molecule has 0 radical (unpaired) electrons. The van der Waals surface area contributed by atoms with Crippen LogP contribution in [0, 0.1) is 0 Å². The van der Waals surface area contributed by atoms with Gasteiger partial charge in [0.1, 0.15) is 0 Å². The van der Waals surface area contributed by atoms with Crippen molar-refractivity contribution in [2.24, 2.45) is 4.99 Å². The van der Waals surface area contributed by atoms with Crippen molar-refractivity contribution in [3.63, 3.8) is 0 Å². The van der Waals surface area contributed by atoms with Crippen molar-refractivity contribution in [1.82, 2.24) is 15.0 Å². The zero-order valence-corrected chi connectivity index (χ0v) is 14.1. The van der Waals surface area contributed by atoms with Crippen molar-refractivity contribution < 1.29 is 14.3 Å². The van der Waals surface area contributed by atoms with Gasteiger partial charge in [-0.3, -0.25) is 0 Å². The highest BCUT2D eigenvalue weighted by molar-refractivity contribution is 6.66. The van der Waals surface area contributed by atoms with E-state index in [1.807, 2.05) is 0 Å². The van der Waals surface area contributed by atoms with Gasteiger partial charge in [0.05, 0.1) is 14.2 Å². The van der Waals surface area contributed by atoms with Gasteiger partial charge in [0.25, 0.3) is 5.95 Å². The first-order valence-corrected chi connectivity index (χ1v) is 7.16. The third-order valence-electron chi connectivity index (χ3n) is 2.66. The lowest BCUT2D eigenvalue weighted by molar-refractivity contribution is 0.355. The van der Waals surface area contributed by atoms with E-state index >= 15 is 0 Å². The molecule has 0 aliphatic carbocycles. The van der Waals surface area contributed by atoms with Crippen molar-refractivity contribution in [2.75, 3.05) is 14.2 Å². The summed E-state index contributed by atoms with van der Waals surface area (Å²) in [5, 5.41) is 0. The Labute approximate surface area is 146 Å². The Morgan fingerprint density at radius 2 is 1.78 bits per heavy atom. The molecule has 1 aromatic carbocycles. The average molecular weight is 376 g/mol. The SMILES string of the molecule is COc1ccc(-c2nc(N=C=O)nc(C(Cl)(Cl)Cl)n2)cc1OC. The Morgan fingerprint density at radius 1 is 1.09 bits per heavy atom. The number of methoxy groups -OCH3 is 2. The molecule has 0 atom stereocenters. The number of hydrogen-bond acceptors (Lipinski definition) is 7. The monoisotopic (exact) mass is 374 g/mol. The molecule has 0 aliphatic rings. The zero-order chi connectivity index (χ0) is 17.0. The third-order valence-corrected chi connectivity index (χ3v) is 3.17. The number of ether oxygens (including phenoxy) is 2. The summed E-state index contributed by atoms with van der Waals surface area (Å²) < 4.78 is 8.47. The summed E-state index contributed by atoms with van der Waals surface area (Å²) in [6, 6.07) is 4.97. The molecule has 0 N–H and O–H groups in total. The van der Waals surface area contributed by atoms with Gasteiger partial charge in [-0.1, -0.05) is 34.8 Å². The van der Waals surface area contributed by atoms with E-state index in [0.717, 1.165) is 0 Å². The fourth-order valence-electron chi connectivity index (χ4n) is 1.69. The summed E-state index contributed by atoms with van der Waals surface area (Å²) in [6.07, 6.45) is 1.33. The van der Waals surface area contributed by atoms with Crippen molar-refractivity contribution in [2.45, 2.75) is 3.79 Å². The highest BCUT2D eigenvalue weighted by Gasteiger charge is 2.28. The number of carbonyl (C=O) groups excluding carboxylic acids is 1. The maximum Gasteiger partial charge on any atom is 0.264 e. The Hall–Kier alpha value is -1.92. The van der Waals surface area contributed by atoms with Crippen molar-refractivity contribution in [1.29, 1.82) is 0 Å². The third kappa shape index (κ3) is 4.09. The van der Waals surface area contributed by atoms with E-state index in [1.54, 1.807) is 18.2 Å². The van der Waals surface area contributed by atoms with E-state index in [1.165, 1.54) is 20.3 Å². The fraction of sp³-hybridized carbons (Fsp3) is 0.231. The molecule has 1 heterocycles. The number of halogens is 3. The fourth-order valence-corrected chi connectivity index (χ4v) is 1.94. The first-order chi connectivity index (χ1) is 10.9. The van der Waals surface area contributed by atoms with Gasteiger partial charge < -0.3 is 9.47 Å². The molecule has 0 amide bonds. The highest BCUT2D eigenvalue weighted by Crippen LogP contribution is 2.38. The summed E-state index contributed by atoms with van der Waals surface area (Å²) >= 11 is 17.4. The molecule has 23 heavy (non-hydrogen) atoms. The van der Waals surface area contributed by atoms with Gasteiger partial charge in [-0.25, -0.2) is 9.78 Å². The van der Waals surface area contributed by atoms with E-state index in [9.17, 15) is 4.79 Å². The summed E-state index contributed by atoms with van der Waals surface area (Å²) in [7, 11) is 3.00. The number of alkyl halides is 3. The Bertz CT molecular complexity index is 774. The Morgan fingerprint density at radius 3 is 2.35 bits per heavy atom. The Kier molecular flexibility index (Phi) is 5.38. The van der Waals surface area contributed by atoms with Crippen LogP contribution in [0.5, 0.6) is 11.5 Å². The van der Waals surface area contributed by atoms with Crippen molar-refractivity contribution in [3.8, 4) is 22.9 Å². The second-order valence-electron chi connectivity index (χ2n) is 4.05. The molecule has 1 aromatic heterocycles. The highest BCUT2D eigenvalue weighted by atomic mass is 35.6. The number of aliphatic imine (C=N–C) groups is 1. The molecule has 0 fully saturated rings. The van der Waals surface area contributed by atoms with Crippen LogP contribution in [-0.2, 0) is 8.59 Å². The molecule has 0 bridgehead atoms. The molecule has 7 nitrogen and oxygen atoms in total. The van der Waals surface area contributed by atoms with Crippen molar-refractivity contribution >= 4 is 46.8 Å². The van der Waals surface area contributed by atoms with Crippen LogP contribution >= 0.6 is 34.8 Å². The Balaban J connectivity index is 2.62. The first-order valence-electron chi connectivity index (χ1n) is 6.02. The molecule has 2 aromatic rings. The molecule has 120 valence electrons. The molecule has 2 rings (SSSR count). The second kappa shape index (κ2) is 7.10. The number of aromatic nitrogens is 3. The quantitative estimate of drug-likeness (QED) is 0.463. The van der Waals surface area contributed by atoms with Gasteiger partial charge in [-0.2, -0.15) is 9.97 Å². The zero-order valence-electron chi connectivity index (χ0n) is 11.9. The normalized spacial score (nSPS) is 10.8. The van der Waals surface area contributed by atoms with Crippen LogP contribution in [0.25, 0.3) is 11.4 Å². The number of hydrogen-bond donors (Lipinski definition) is 0. The van der Waals surface area contributed by atoms with Crippen LogP contribution in [0.3, 0.4) is 0 Å². The molecule has 0 aliphatic heterocycles. The summed E-state index contributed by atoms with van der Waals surface area (Å²) in [4.78, 5) is 25.7. The molecule has 0 saturated carbocycles. The van der Waals surface area contributed by atoms with E-state index in [-0.39, 0.29) is 17.6 Å². The van der Waals surface area contributed by atoms with Gasteiger partial charge >= 0.3 is 0 Å². The number of rotatable bonds is 4. The standard InChI is InChI=1S/C13H9Cl3N4O3/c1-22-8-4-3-7(5-9(8)23-2)10-18-11(13(14,15)16)20-12(19-10)17-6-21/h3-5H,1-2H3. The summed E-state index contributed by atoms with van der Waals surface area (Å²) in [6.45, 7) is 0. The van der Waals surface area contributed by atoms with Crippen LogP contribution in [0.4, 0.5) is 5.95 Å². The van der Waals surface area contributed by atoms with E-state index < -0.39 is 3.79 Å². The van der Waals surface area contributed by atoms with E-state index in [4.69, 9.17) is 44.3 Å². The minimum atomic E-state index is -1.90. The van der Waals surface area contributed by atoms with Crippen molar-refractivity contribution in [3.05, 3.63) is 24.0 Å². The number of benzene rings is 1. The predicted octanol–water partition coefficient (Wildman–Crippen LogP) is 3.35. The van der Waals surface area contributed by atoms with Crippen LogP contribution in [0.15, 0.2) is 23.2 Å².